The number of nitrogen functional groups attached to an aromatic ring is 1. The van der Waals surface area contributed by atoms with Gasteiger partial charge in [0.2, 0.25) is 10.0 Å². The highest BCUT2D eigenvalue weighted by Gasteiger charge is 2.30. The number of rotatable bonds is 4. The lowest BCUT2D eigenvalue weighted by atomic mass is 9.95. The third-order valence-corrected chi connectivity index (χ3v) is 5.99. The van der Waals surface area contributed by atoms with E-state index in [1.807, 2.05) is 0 Å². The first-order valence-electron chi connectivity index (χ1n) is 7.10. The van der Waals surface area contributed by atoms with E-state index in [0.29, 0.717) is 23.0 Å². The summed E-state index contributed by atoms with van der Waals surface area (Å²) in [4.78, 5) is 0.140. The van der Waals surface area contributed by atoms with Crippen molar-refractivity contribution in [2.45, 2.75) is 49.0 Å². The Morgan fingerprint density at radius 1 is 1.24 bits per heavy atom. The van der Waals surface area contributed by atoms with Gasteiger partial charge in [-0.05, 0) is 47.0 Å². The first-order chi connectivity index (χ1) is 9.82. The molecule has 1 aliphatic rings. The number of benzene rings is 1. The van der Waals surface area contributed by atoms with Crippen LogP contribution in [0.5, 0.6) is 0 Å². The topological polar surface area (TPSA) is 92.4 Å². The van der Waals surface area contributed by atoms with Crippen molar-refractivity contribution in [3.05, 3.63) is 22.7 Å². The fourth-order valence-corrected chi connectivity index (χ4v) is 4.23. The van der Waals surface area contributed by atoms with Crippen LogP contribution in [0, 0.1) is 0 Å². The first kappa shape index (κ1) is 16.7. The van der Waals surface area contributed by atoms with Crippen LogP contribution in [0.15, 0.2) is 27.6 Å². The smallest absolute Gasteiger partial charge is 0.240 e. The molecule has 1 aromatic rings. The van der Waals surface area contributed by atoms with Crippen LogP contribution in [0.2, 0.25) is 0 Å². The predicted molar refractivity (Wildman–Crippen MR) is 86.4 cm³/mol. The van der Waals surface area contributed by atoms with Gasteiger partial charge in [0, 0.05) is 16.7 Å². The highest BCUT2D eigenvalue weighted by molar-refractivity contribution is 9.10. The molecule has 0 bridgehead atoms. The zero-order valence-electron chi connectivity index (χ0n) is 11.8. The molecule has 1 aliphatic carbocycles. The van der Waals surface area contributed by atoms with E-state index >= 15 is 0 Å². The van der Waals surface area contributed by atoms with Gasteiger partial charge in [0.15, 0.2) is 0 Å². The van der Waals surface area contributed by atoms with Gasteiger partial charge in [-0.15, -0.1) is 0 Å². The Bertz CT molecular complexity index is 596. The molecule has 0 unspecified atom stereocenters. The lowest BCUT2D eigenvalue weighted by Crippen LogP contribution is -2.42. The minimum atomic E-state index is -3.64. The molecule has 21 heavy (non-hydrogen) atoms. The highest BCUT2D eigenvalue weighted by atomic mass is 79.9. The average Bonchev–Trinajstić information content (AvgIpc) is 2.65. The van der Waals surface area contributed by atoms with Crippen molar-refractivity contribution in [2.24, 2.45) is 0 Å². The maximum absolute atomic E-state index is 12.3. The summed E-state index contributed by atoms with van der Waals surface area (Å²) in [6.07, 6.45) is 5.35. The number of nitrogens with two attached hydrogens (primary N) is 1. The van der Waals surface area contributed by atoms with Crippen LogP contribution in [0.1, 0.15) is 38.5 Å². The standard InChI is InChI=1S/C14H21BrN2O3S/c15-12-9-11(5-6-13(12)16)21(19,20)17-10-14(18)7-3-1-2-4-8-14/h5-6,9,17-18H,1-4,7-8,10,16H2. The molecule has 1 saturated carbocycles. The van der Waals surface area contributed by atoms with Crippen LogP contribution in [-0.2, 0) is 10.0 Å². The summed E-state index contributed by atoms with van der Waals surface area (Å²) in [7, 11) is -3.64. The van der Waals surface area contributed by atoms with Crippen molar-refractivity contribution in [3.8, 4) is 0 Å². The van der Waals surface area contributed by atoms with Crippen LogP contribution >= 0.6 is 15.9 Å². The molecular weight excluding hydrogens is 356 g/mol. The molecule has 0 radical (unpaired) electrons. The zero-order valence-corrected chi connectivity index (χ0v) is 14.2. The molecule has 7 heteroatoms. The Morgan fingerprint density at radius 2 is 1.86 bits per heavy atom. The quantitative estimate of drug-likeness (QED) is 0.555. The Kier molecular flexibility index (Phi) is 5.29. The summed E-state index contributed by atoms with van der Waals surface area (Å²) in [5.74, 6) is 0. The number of hydrogen-bond acceptors (Lipinski definition) is 4. The molecule has 0 amide bonds. The van der Waals surface area contributed by atoms with Gasteiger partial charge in [0.1, 0.15) is 0 Å². The lowest BCUT2D eigenvalue weighted by molar-refractivity contribution is 0.0303. The van der Waals surface area contributed by atoms with Crippen LogP contribution in [0.4, 0.5) is 5.69 Å². The number of aliphatic hydroxyl groups is 1. The Balaban J connectivity index is 2.08. The number of sulfonamides is 1. The van der Waals surface area contributed by atoms with Crippen LogP contribution in [-0.4, -0.2) is 25.7 Å². The van der Waals surface area contributed by atoms with Gasteiger partial charge in [-0.2, -0.15) is 0 Å². The molecule has 0 aromatic heterocycles. The maximum atomic E-state index is 12.3. The molecule has 1 aromatic carbocycles. The second kappa shape index (κ2) is 6.64. The lowest BCUT2D eigenvalue weighted by Gasteiger charge is -2.26. The third kappa shape index (κ3) is 4.42. The highest BCUT2D eigenvalue weighted by Crippen LogP contribution is 2.27. The minimum Gasteiger partial charge on any atom is -0.398 e. The largest absolute Gasteiger partial charge is 0.398 e. The van der Waals surface area contributed by atoms with E-state index < -0.39 is 15.6 Å². The number of hydrogen-bond donors (Lipinski definition) is 3. The normalized spacial score (nSPS) is 19.1. The molecule has 1 fully saturated rings. The summed E-state index contributed by atoms with van der Waals surface area (Å²) in [5, 5.41) is 10.5. The van der Waals surface area contributed by atoms with Gasteiger partial charge in [0.25, 0.3) is 0 Å². The molecule has 5 nitrogen and oxygen atoms in total. The van der Waals surface area contributed by atoms with Crippen molar-refractivity contribution in [2.75, 3.05) is 12.3 Å². The van der Waals surface area contributed by atoms with Gasteiger partial charge in [0.05, 0.1) is 10.5 Å². The van der Waals surface area contributed by atoms with Gasteiger partial charge >= 0.3 is 0 Å². The number of nitrogens with one attached hydrogen (secondary N) is 1. The average molecular weight is 377 g/mol. The van der Waals surface area contributed by atoms with E-state index in [0.717, 1.165) is 25.7 Å². The molecule has 2 rings (SSSR count). The molecule has 4 N–H and O–H groups in total. The van der Waals surface area contributed by atoms with Crippen molar-refractivity contribution in [1.29, 1.82) is 0 Å². The number of anilines is 1. The van der Waals surface area contributed by atoms with Crippen LogP contribution in [0.25, 0.3) is 0 Å². The predicted octanol–water partition coefficient (Wildman–Crippen LogP) is 2.39. The maximum Gasteiger partial charge on any atom is 0.240 e. The van der Waals surface area contributed by atoms with Crippen molar-refractivity contribution in [3.63, 3.8) is 0 Å². The third-order valence-electron chi connectivity index (χ3n) is 3.91. The molecule has 0 spiro atoms. The van der Waals surface area contributed by atoms with E-state index in [2.05, 4.69) is 20.7 Å². The first-order valence-corrected chi connectivity index (χ1v) is 9.37. The number of halogens is 1. The van der Waals surface area contributed by atoms with Crippen molar-refractivity contribution in [1.82, 2.24) is 4.72 Å². The molecule has 0 heterocycles. The fraction of sp³-hybridized carbons (Fsp3) is 0.571. The van der Waals surface area contributed by atoms with Gasteiger partial charge < -0.3 is 10.8 Å². The van der Waals surface area contributed by atoms with Crippen LogP contribution in [0.3, 0.4) is 0 Å². The molecule has 0 aliphatic heterocycles. The molecular formula is C14H21BrN2O3S. The monoisotopic (exact) mass is 376 g/mol. The fourth-order valence-electron chi connectivity index (χ4n) is 2.55. The van der Waals surface area contributed by atoms with Crippen molar-refractivity contribution >= 4 is 31.6 Å². The minimum absolute atomic E-state index is 0.0529. The van der Waals surface area contributed by atoms with E-state index in [4.69, 9.17) is 5.73 Å². The van der Waals surface area contributed by atoms with E-state index in [-0.39, 0.29) is 11.4 Å². The Hall–Kier alpha value is -0.630. The van der Waals surface area contributed by atoms with Gasteiger partial charge in [-0.1, -0.05) is 25.7 Å². The van der Waals surface area contributed by atoms with Gasteiger partial charge in [-0.25, -0.2) is 13.1 Å². The summed E-state index contributed by atoms with van der Waals surface area (Å²) < 4.78 is 27.6. The van der Waals surface area contributed by atoms with Gasteiger partial charge in [-0.3, -0.25) is 0 Å². The molecule has 0 atom stereocenters. The second-order valence-corrected chi connectivity index (χ2v) is 8.27. The second-order valence-electron chi connectivity index (χ2n) is 5.65. The SMILES string of the molecule is Nc1ccc(S(=O)(=O)NCC2(O)CCCCCC2)cc1Br. The van der Waals surface area contributed by atoms with Crippen LogP contribution < -0.4 is 10.5 Å². The summed E-state index contributed by atoms with van der Waals surface area (Å²) in [6.45, 7) is 0.0529. The Labute approximate surface area is 134 Å². The zero-order chi connectivity index (χ0) is 15.5. The molecule has 118 valence electrons. The van der Waals surface area contributed by atoms with E-state index in [9.17, 15) is 13.5 Å². The van der Waals surface area contributed by atoms with E-state index in [1.165, 1.54) is 12.1 Å². The summed E-state index contributed by atoms with van der Waals surface area (Å²) >= 11 is 3.22. The van der Waals surface area contributed by atoms with E-state index in [1.54, 1.807) is 6.07 Å². The Morgan fingerprint density at radius 3 is 2.43 bits per heavy atom. The molecule has 0 saturated heterocycles. The van der Waals surface area contributed by atoms with Crippen molar-refractivity contribution < 1.29 is 13.5 Å². The summed E-state index contributed by atoms with van der Waals surface area (Å²) in [6, 6.07) is 4.47. The summed E-state index contributed by atoms with van der Waals surface area (Å²) in [5.41, 5.74) is 5.21.